The van der Waals surface area contributed by atoms with Gasteiger partial charge < -0.3 is 33.8 Å². The highest BCUT2D eigenvalue weighted by Crippen LogP contribution is 2.45. The molecule has 0 aromatic heterocycles. The van der Waals surface area contributed by atoms with Crippen molar-refractivity contribution in [3.63, 3.8) is 0 Å². The van der Waals surface area contributed by atoms with Crippen molar-refractivity contribution < 1.29 is 80.2 Å². The number of ether oxygens (including phenoxy) is 4. The number of carbonyl (C=O) groups is 4. The number of phosphoric ester groups is 2. The van der Waals surface area contributed by atoms with Gasteiger partial charge in [-0.05, 0) is 43.4 Å². The van der Waals surface area contributed by atoms with Gasteiger partial charge in [-0.2, -0.15) is 0 Å². The number of carbonyl (C=O) groups excluding carboxylic acids is 4. The fraction of sp³-hybridized carbons (Fsp3) is 0.949. The second-order valence-corrected chi connectivity index (χ2v) is 32.2. The first kappa shape index (κ1) is 95.1. The van der Waals surface area contributed by atoms with Gasteiger partial charge in [0, 0.05) is 25.7 Å². The van der Waals surface area contributed by atoms with Gasteiger partial charge >= 0.3 is 39.5 Å². The van der Waals surface area contributed by atoms with Gasteiger partial charge in [0.2, 0.25) is 0 Å². The number of aliphatic hydroxyl groups is 1. The maximum absolute atomic E-state index is 13.1. The lowest BCUT2D eigenvalue weighted by Crippen LogP contribution is -2.30. The average Bonchev–Trinajstić information content (AvgIpc) is 1.34. The molecule has 19 heteroatoms. The summed E-state index contributed by atoms with van der Waals surface area (Å²) in [5.41, 5.74) is 0. The SMILES string of the molecule is CCCCCCCCCCCCCCCCCC(=O)OC[C@H](COP(=O)(O)OC[C@@H](O)COP(=O)(O)OC[C@@H](COC(=O)CCCCCCCCCCC(C)CC)OC(=O)CCCCCCCCCCCCC(C)C)OC(=O)CCCCCCCCCCCCCCCCC(C)C. The first-order valence-corrected chi connectivity index (χ1v) is 43.4. The van der Waals surface area contributed by atoms with Crippen molar-refractivity contribution in [2.75, 3.05) is 39.6 Å². The molecule has 0 spiro atoms. The Bertz CT molecular complexity index is 1890. The van der Waals surface area contributed by atoms with E-state index in [2.05, 4.69) is 48.5 Å². The summed E-state index contributed by atoms with van der Waals surface area (Å²) < 4.78 is 68.6. The molecule has 0 aromatic carbocycles. The number of hydrogen-bond donors (Lipinski definition) is 3. The van der Waals surface area contributed by atoms with Gasteiger partial charge in [0.1, 0.15) is 19.3 Å². The van der Waals surface area contributed by atoms with Crippen molar-refractivity contribution >= 4 is 39.5 Å². The minimum Gasteiger partial charge on any atom is -0.462 e. The molecule has 0 heterocycles. The van der Waals surface area contributed by atoms with E-state index in [-0.39, 0.29) is 25.7 Å². The summed E-state index contributed by atoms with van der Waals surface area (Å²) in [4.78, 5) is 72.9. The zero-order valence-electron chi connectivity index (χ0n) is 63.5. The monoisotopic (exact) mass is 1420 g/mol. The molecule has 0 aliphatic heterocycles. The first-order valence-electron chi connectivity index (χ1n) is 40.4. The van der Waals surface area contributed by atoms with Gasteiger partial charge in [-0.3, -0.25) is 37.3 Å². The van der Waals surface area contributed by atoms with Gasteiger partial charge in [-0.15, -0.1) is 0 Å². The fourth-order valence-corrected chi connectivity index (χ4v) is 13.5. The Kier molecular flexibility index (Phi) is 67.1. The van der Waals surface area contributed by atoms with Crippen LogP contribution in [0.3, 0.4) is 0 Å². The fourth-order valence-electron chi connectivity index (χ4n) is 11.9. The molecule has 0 amide bonds. The lowest BCUT2D eigenvalue weighted by Gasteiger charge is -2.21. The summed E-state index contributed by atoms with van der Waals surface area (Å²) in [5, 5.41) is 10.6. The zero-order chi connectivity index (χ0) is 71.6. The molecule has 6 atom stereocenters. The highest BCUT2D eigenvalue weighted by atomic mass is 31.2. The molecule has 0 aliphatic carbocycles. The number of esters is 4. The minimum atomic E-state index is -4.96. The van der Waals surface area contributed by atoms with Crippen molar-refractivity contribution in [3.05, 3.63) is 0 Å². The van der Waals surface area contributed by atoms with Crippen LogP contribution in [0.4, 0.5) is 0 Å². The van der Waals surface area contributed by atoms with Gasteiger partial charge in [0.05, 0.1) is 26.4 Å². The Labute approximate surface area is 594 Å². The van der Waals surface area contributed by atoms with E-state index in [4.69, 9.17) is 37.0 Å². The highest BCUT2D eigenvalue weighted by molar-refractivity contribution is 7.47. The third-order valence-corrected chi connectivity index (χ3v) is 20.4. The van der Waals surface area contributed by atoms with Crippen molar-refractivity contribution in [1.29, 1.82) is 0 Å². The number of rotatable bonds is 76. The second kappa shape index (κ2) is 68.5. The Morgan fingerprint density at radius 3 is 0.784 bits per heavy atom. The molecule has 0 fully saturated rings. The average molecular weight is 1420 g/mol. The number of aliphatic hydroxyl groups excluding tert-OH is 1. The molecule has 3 unspecified atom stereocenters. The lowest BCUT2D eigenvalue weighted by molar-refractivity contribution is -0.161. The maximum Gasteiger partial charge on any atom is 0.472 e. The van der Waals surface area contributed by atoms with E-state index < -0.39 is 97.5 Å². The quantitative estimate of drug-likeness (QED) is 0.0222. The van der Waals surface area contributed by atoms with E-state index in [9.17, 15) is 43.2 Å². The summed E-state index contributed by atoms with van der Waals surface area (Å²) in [6.45, 7) is 11.9. The molecule has 0 saturated carbocycles. The van der Waals surface area contributed by atoms with Crippen LogP contribution >= 0.6 is 15.6 Å². The van der Waals surface area contributed by atoms with Crippen molar-refractivity contribution in [2.45, 2.75) is 420 Å². The summed E-state index contributed by atoms with van der Waals surface area (Å²) >= 11 is 0. The van der Waals surface area contributed by atoms with Crippen LogP contribution in [-0.2, 0) is 65.4 Å². The largest absolute Gasteiger partial charge is 0.472 e. The molecule has 97 heavy (non-hydrogen) atoms. The predicted octanol–water partition coefficient (Wildman–Crippen LogP) is 23.0. The smallest absolute Gasteiger partial charge is 0.462 e. The molecule has 3 N–H and O–H groups in total. The molecular weight excluding hydrogens is 1270 g/mol. The van der Waals surface area contributed by atoms with Crippen LogP contribution in [-0.4, -0.2) is 96.7 Å². The summed E-state index contributed by atoms with van der Waals surface area (Å²) in [6, 6.07) is 0. The van der Waals surface area contributed by atoms with E-state index in [1.54, 1.807) is 0 Å². The predicted molar refractivity (Wildman–Crippen MR) is 395 cm³/mol. The van der Waals surface area contributed by atoms with E-state index >= 15 is 0 Å². The number of hydrogen-bond acceptors (Lipinski definition) is 15. The van der Waals surface area contributed by atoms with Crippen LogP contribution in [0, 0.1) is 17.8 Å². The van der Waals surface area contributed by atoms with E-state index in [1.807, 2.05) is 0 Å². The Balaban J connectivity index is 5.27. The summed E-state index contributed by atoms with van der Waals surface area (Å²) in [5.74, 6) is 0.211. The van der Waals surface area contributed by atoms with Crippen molar-refractivity contribution in [3.8, 4) is 0 Å². The first-order chi connectivity index (χ1) is 46.8. The molecule has 0 radical (unpaired) electrons. The molecule has 0 bridgehead atoms. The third kappa shape index (κ3) is 70.9. The third-order valence-electron chi connectivity index (χ3n) is 18.5. The van der Waals surface area contributed by atoms with Gasteiger partial charge in [-0.1, -0.05) is 350 Å². The molecule has 0 aromatic rings. The normalized spacial score (nSPS) is 14.3. The lowest BCUT2D eigenvalue weighted by atomic mass is 9.99. The molecule has 17 nitrogen and oxygen atoms in total. The van der Waals surface area contributed by atoms with Gasteiger partial charge in [0.25, 0.3) is 0 Å². The van der Waals surface area contributed by atoms with E-state index in [0.29, 0.717) is 25.7 Å². The summed E-state index contributed by atoms with van der Waals surface area (Å²) in [7, 11) is -9.92. The summed E-state index contributed by atoms with van der Waals surface area (Å²) in [6.07, 6.45) is 55.3. The molecule has 576 valence electrons. The van der Waals surface area contributed by atoms with Crippen LogP contribution in [0.2, 0.25) is 0 Å². The standard InChI is InChI=1S/C78H152O17P2/c1-8-10-11-12-13-14-15-16-17-21-24-30-38-45-52-59-75(80)88-65-73(94-77(82)61-54-47-40-31-25-22-19-18-20-23-28-35-42-49-56-69(3)4)67-92-96(84,85)90-63-72(79)64-91-97(86,87)93-68-74(66-89-76(81)60-53-46-39-34-33-37-44-51-58-71(7)9-2)95-78(83)62-55-48-41-32-27-26-29-36-43-50-57-70(5)6/h69-74,79H,8-68H2,1-7H3,(H,84,85)(H,86,87)/t71?,72-,73-,74-/m1/s1. The second-order valence-electron chi connectivity index (χ2n) is 29.3. The zero-order valence-corrected chi connectivity index (χ0v) is 65.3. The van der Waals surface area contributed by atoms with Gasteiger partial charge in [0.15, 0.2) is 12.2 Å². The minimum absolute atomic E-state index is 0.105. The Morgan fingerprint density at radius 2 is 0.526 bits per heavy atom. The number of unbranched alkanes of at least 4 members (excludes halogenated alkanes) is 43. The van der Waals surface area contributed by atoms with Crippen LogP contribution in [0.25, 0.3) is 0 Å². The van der Waals surface area contributed by atoms with Crippen molar-refractivity contribution in [2.24, 2.45) is 17.8 Å². The molecule has 0 aliphatic rings. The van der Waals surface area contributed by atoms with E-state index in [1.165, 1.54) is 212 Å². The van der Waals surface area contributed by atoms with Crippen LogP contribution < -0.4 is 0 Å². The Hall–Kier alpha value is -1.94. The van der Waals surface area contributed by atoms with E-state index in [0.717, 1.165) is 108 Å². The number of phosphoric acid groups is 2. The van der Waals surface area contributed by atoms with Crippen molar-refractivity contribution in [1.82, 2.24) is 0 Å². The molecular formula is C78H152O17P2. The van der Waals surface area contributed by atoms with Gasteiger partial charge in [-0.25, -0.2) is 9.13 Å². The van der Waals surface area contributed by atoms with Crippen LogP contribution in [0.1, 0.15) is 402 Å². The Morgan fingerprint density at radius 1 is 0.299 bits per heavy atom. The topological polar surface area (TPSA) is 237 Å². The van der Waals surface area contributed by atoms with Crippen LogP contribution in [0.15, 0.2) is 0 Å². The maximum atomic E-state index is 13.1. The highest BCUT2D eigenvalue weighted by Gasteiger charge is 2.30. The molecule has 0 saturated heterocycles. The van der Waals surface area contributed by atoms with Crippen LogP contribution in [0.5, 0.6) is 0 Å². The molecule has 0 rings (SSSR count).